The summed E-state index contributed by atoms with van der Waals surface area (Å²) in [5.74, 6) is 1.08. The summed E-state index contributed by atoms with van der Waals surface area (Å²) in [6.45, 7) is 2.08. The standard InChI is InChI=1S/C22H20N4O/c1-14-7-5-6-10-17(14)21-20-18(25-22-23-13-24-26(21)22)11-16(12-19(20)27)15-8-3-2-4-9-15/h2-10,13,16,21H,11-12H2,1H3,(H,23,24,25)/t16-,21+/m0/s1. The van der Waals surface area contributed by atoms with Gasteiger partial charge in [-0.15, -0.1) is 0 Å². The normalized spacial score (nSPS) is 21.4. The number of aromatic nitrogens is 3. The van der Waals surface area contributed by atoms with Crippen molar-refractivity contribution < 1.29 is 4.79 Å². The fourth-order valence-electron chi connectivity index (χ4n) is 4.29. The average molecular weight is 356 g/mol. The molecule has 0 spiro atoms. The van der Waals surface area contributed by atoms with E-state index in [0.29, 0.717) is 12.4 Å². The second kappa shape index (κ2) is 6.20. The van der Waals surface area contributed by atoms with Crippen LogP contribution in [0.25, 0.3) is 0 Å². The number of anilines is 1. The molecule has 5 nitrogen and oxygen atoms in total. The molecule has 27 heavy (non-hydrogen) atoms. The zero-order valence-corrected chi connectivity index (χ0v) is 15.1. The lowest BCUT2D eigenvalue weighted by Crippen LogP contribution is -2.33. The molecular weight excluding hydrogens is 336 g/mol. The minimum absolute atomic E-state index is 0.187. The van der Waals surface area contributed by atoms with E-state index < -0.39 is 0 Å². The molecule has 0 fully saturated rings. The van der Waals surface area contributed by atoms with E-state index in [4.69, 9.17) is 0 Å². The Morgan fingerprint density at radius 3 is 2.63 bits per heavy atom. The molecule has 5 rings (SSSR count). The number of hydrogen-bond donors (Lipinski definition) is 1. The average Bonchev–Trinajstić information content (AvgIpc) is 3.16. The maximum atomic E-state index is 13.3. The van der Waals surface area contributed by atoms with E-state index in [9.17, 15) is 4.79 Å². The van der Waals surface area contributed by atoms with E-state index in [1.165, 1.54) is 5.56 Å². The van der Waals surface area contributed by atoms with Gasteiger partial charge in [0.25, 0.3) is 0 Å². The molecule has 1 aliphatic carbocycles. The largest absolute Gasteiger partial charge is 0.328 e. The van der Waals surface area contributed by atoms with Crippen molar-refractivity contribution in [3.8, 4) is 0 Å². The first-order valence-electron chi connectivity index (χ1n) is 9.25. The first-order valence-corrected chi connectivity index (χ1v) is 9.25. The summed E-state index contributed by atoms with van der Waals surface area (Å²) in [5.41, 5.74) is 5.27. The topological polar surface area (TPSA) is 59.8 Å². The third-order valence-electron chi connectivity index (χ3n) is 5.62. The number of benzene rings is 2. The van der Waals surface area contributed by atoms with Gasteiger partial charge in [0.05, 0.1) is 0 Å². The molecule has 0 bridgehead atoms. The van der Waals surface area contributed by atoms with Gasteiger partial charge < -0.3 is 5.32 Å². The van der Waals surface area contributed by atoms with Crippen LogP contribution in [0.4, 0.5) is 5.95 Å². The van der Waals surface area contributed by atoms with Crippen molar-refractivity contribution in [1.82, 2.24) is 14.8 Å². The molecule has 3 aromatic rings. The zero-order valence-electron chi connectivity index (χ0n) is 15.1. The van der Waals surface area contributed by atoms with E-state index in [0.717, 1.165) is 28.8 Å². The highest BCUT2D eigenvalue weighted by Crippen LogP contribution is 2.44. The van der Waals surface area contributed by atoms with E-state index in [-0.39, 0.29) is 17.7 Å². The van der Waals surface area contributed by atoms with Crippen molar-refractivity contribution in [3.05, 3.63) is 88.9 Å². The fraction of sp³-hybridized carbons (Fsp3) is 0.227. The second-order valence-corrected chi connectivity index (χ2v) is 7.24. The van der Waals surface area contributed by atoms with Gasteiger partial charge in [-0.3, -0.25) is 4.79 Å². The molecule has 5 heteroatoms. The molecule has 2 heterocycles. The van der Waals surface area contributed by atoms with Crippen LogP contribution in [-0.2, 0) is 4.79 Å². The molecule has 0 radical (unpaired) electrons. The molecule has 0 amide bonds. The second-order valence-electron chi connectivity index (χ2n) is 7.24. The minimum Gasteiger partial charge on any atom is -0.328 e. The van der Waals surface area contributed by atoms with Gasteiger partial charge in [-0.05, 0) is 36.0 Å². The Hall–Kier alpha value is -3.21. The number of fused-ring (bicyclic) bond motifs is 1. The first-order chi connectivity index (χ1) is 13.2. The molecule has 1 aromatic heterocycles. The predicted molar refractivity (Wildman–Crippen MR) is 103 cm³/mol. The molecule has 134 valence electrons. The lowest BCUT2D eigenvalue weighted by molar-refractivity contribution is -0.116. The smallest absolute Gasteiger partial charge is 0.226 e. The number of allylic oxidation sites excluding steroid dienone is 2. The van der Waals surface area contributed by atoms with Crippen LogP contribution in [0.1, 0.15) is 41.5 Å². The Morgan fingerprint density at radius 2 is 1.81 bits per heavy atom. The maximum Gasteiger partial charge on any atom is 0.226 e. The van der Waals surface area contributed by atoms with E-state index in [1.54, 1.807) is 6.33 Å². The van der Waals surface area contributed by atoms with Crippen LogP contribution in [-0.4, -0.2) is 20.5 Å². The van der Waals surface area contributed by atoms with Gasteiger partial charge in [0.1, 0.15) is 12.4 Å². The zero-order chi connectivity index (χ0) is 18.4. The van der Waals surface area contributed by atoms with Gasteiger partial charge in [0, 0.05) is 17.7 Å². The summed E-state index contributed by atoms with van der Waals surface area (Å²) in [7, 11) is 0. The number of nitrogens with zero attached hydrogens (tertiary/aromatic N) is 3. The van der Waals surface area contributed by atoms with Crippen LogP contribution < -0.4 is 5.32 Å². The molecule has 1 aliphatic heterocycles. The van der Waals surface area contributed by atoms with Crippen molar-refractivity contribution in [2.45, 2.75) is 31.7 Å². The Labute approximate surface area is 157 Å². The molecular formula is C22H20N4O. The Kier molecular flexibility index (Phi) is 3.67. The molecule has 0 unspecified atom stereocenters. The summed E-state index contributed by atoms with van der Waals surface area (Å²) >= 11 is 0. The number of hydrogen-bond acceptors (Lipinski definition) is 4. The highest BCUT2D eigenvalue weighted by atomic mass is 16.1. The highest BCUT2D eigenvalue weighted by molar-refractivity contribution is 6.00. The van der Waals surface area contributed by atoms with Gasteiger partial charge in [-0.2, -0.15) is 10.1 Å². The van der Waals surface area contributed by atoms with E-state index in [1.807, 2.05) is 35.0 Å². The predicted octanol–water partition coefficient (Wildman–Crippen LogP) is 4.00. The summed E-state index contributed by atoms with van der Waals surface area (Å²) in [6.07, 6.45) is 2.88. The maximum absolute atomic E-state index is 13.3. The Bertz CT molecular complexity index is 1050. The lowest BCUT2D eigenvalue weighted by Gasteiger charge is -2.35. The molecule has 0 saturated carbocycles. The number of ketones is 1. The lowest BCUT2D eigenvalue weighted by atomic mass is 9.77. The number of rotatable bonds is 2. The van der Waals surface area contributed by atoms with Gasteiger partial charge in [-0.1, -0.05) is 54.6 Å². The van der Waals surface area contributed by atoms with Gasteiger partial charge in [0.2, 0.25) is 5.95 Å². The van der Waals surface area contributed by atoms with Crippen molar-refractivity contribution >= 4 is 11.7 Å². The first kappa shape index (κ1) is 16.0. The van der Waals surface area contributed by atoms with Crippen molar-refractivity contribution in [3.63, 3.8) is 0 Å². The van der Waals surface area contributed by atoms with Crippen LogP contribution in [0.5, 0.6) is 0 Å². The highest BCUT2D eigenvalue weighted by Gasteiger charge is 2.39. The SMILES string of the molecule is Cc1ccccc1[C@@H]1C2=C(C[C@H](c3ccccc3)CC2=O)Nc2ncnn21. The quantitative estimate of drug-likeness (QED) is 0.754. The number of carbonyl (C=O) groups excluding carboxylic acids is 1. The van der Waals surface area contributed by atoms with Crippen LogP contribution >= 0.6 is 0 Å². The Balaban J connectivity index is 1.63. The molecule has 2 aromatic carbocycles. The minimum atomic E-state index is -0.218. The van der Waals surface area contributed by atoms with Gasteiger partial charge in [0.15, 0.2) is 5.78 Å². The molecule has 2 atom stereocenters. The summed E-state index contributed by atoms with van der Waals surface area (Å²) in [6, 6.07) is 18.3. The van der Waals surface area contributed by atoms with Gasteiger partial charge in [-0.25, -0.2) is 4.68 Å². The Morgan fingerprint density at radius 1 is 1.04 bits per heavy atom. The van der Waals surface area contributed by atoms with Crippen molar-refractivity contribution in [2.24, 2.45) is 0 Å². The van der Waals surface area contributed by atoms with Crippen LogP contribution in [0.3, 0.4) is 0 Å². The molecule has 0 saturated heterocycles. The third kappa shape index (κ3) is 2.58. The molecule has 2 aliphatic rings. The van der Waals surface area contributed by atoms with Crippen LogP contribution in [0.15, 0.2) is 72.2 Å². The summed E-state index contributed by atoms with van der Waals surface area (Å²) < 4.78 is 1.84. The number of carbonyl (C=O) groups is 1. The van der Waals surface area contributed by atoms with Crippen molar-refractivity contribution in [1.29, 1.82) is 0 Å². The van der Waals surface area contributed by atoms with Crippen LogP contribution in [0, 0.1) is 6.92 Å². The number of nitrogens with one attached hydrogen (secondary N) is 1. The summed E-state index contributed by atoms with van der Waals surface area (Å²) in [4.78, 5) is 17.7. The van der Waals surface area contributed by atoms with E-state index in [2.05, 4.69) is 46.6 Å². The van der Waals surface area contributed by atoms with Gasteiger partial charge >= 0.3 is 0 Å². The molecule has 1 N–H and O–H groups in total. The number of aryl methyl sites for hydroxylation is 1. The fourth-order valence-corrected chi connectivity index (χ4v) is 4.29. The van der Waals surface area contributed by atoms with E-state index >= 15 is 0 Å². The van der Waals surface area contributed by atoms with Crippen molar-refractivity contribution in [2.75, 3.05) is 5.32 Å². The monoisotopic (exact) mass is 356 g/mol. The van der Waals surface area contributed by atoms with Crippen LogP contribution in [0.2, 0.25) is 0 Å². The third-order valence-corrected chi connectivity index (χ3v) is 5.62. The summed E-state index contributed by atoms with van der Waals surface area (Å²) in [5, 5.41) is 7.79. The number of Topliss-reactive ketones (excluding diaryl/α,β-unsaturated/α-hetero) is 1.